The van der Waals surface area contributed by atoms with Crippen LogP contribution in [0.15, 0.2) is 54.0 Å². The normalized spacial score (nSPS) is 19.3. The zero-order chi connectivity index (χ0) is 32.1. The van der Waals surface area contributed by atoms with Gasteiger partial charge in [-0.15, -0.1) is 6.58 Å². The van der Waals surface area contributed by atoms with Crippen molar-refractivity contribution < 1.29 is 13.2 Å². The van der Waals surface area contributed by atoms with E-state index in [0.717, 1.165) is 48.8 Å². The van der Waals surface area contributed by atoms with Gasteiger partial charge in [0.25, 0.3) is 11.5 Å². The van der Waals surface area contributed by atoms with Crippen LogP contribution in [0.2, 0.25) is 0 Å². The molecule has 1 amide bonds. The number of carbonyl (C=O) groups is 1. The summed E-state index contributed by atoms with van der Waals surface area (Å²) in [5.41, 5.74) is 4.95. The van der Waals surface area contributed by atoms with Crippen molar-refractivity contribution in [3.05, 3.63) is 87.5 Å². The Balaban J connectivity index is 1.39. The van der Waals surface area contributed by atoms with E-state index >= 15 is 0 Å². The standard InChI is InChI=1S/C34H42N6O4S/c1-6-9-34(10-11-34)45(43,44)40-21-23(3)31-27(32(41)36-20-28-22(2)16-24(4)37-33(28)42)17-26(18-29(31)40)25-7-8-30(35-19-25)39-14-12-38(5)13-15-39/h6-8,16-19,23H,1,9-15,20-21H2,2-5H3,(H,36,41)(H,37,42). The summed E-state index contributed by atoms with van der Waals surface area (Å²) in [6.07, 6.45) is 5.06. The van der Waals surface area contributed by atoms with Crippen molar-refractivity contribution in [3.63, 3.8) is 0 Å². The Kier molecular flexibility index (Phi) is 8.11. The molecule has 6 rings (SSSR count). The minimum absolute atomic E-state index is 0.0550. The van der Waals surface area contributed by atoms with Crippen LogP contribution in [-0.2, 0) is 16.6 Å². The Bertz CT molecular complexity index is 1810. The fourth-order valence-electron chi connectivity index (χ4n) is 6.73. The van der Waals surface area contributed by atoms with E-state index in [4.69, 9.17) is 4.98 Å². The number of piperazine rings is 1. The fourth-order valence-corrected chi connectivity index (χ4v) is 8.97. The summed E-state index contributed by atoms with van der Waals surface area (Å²) in [5, 5.41) is 2.95. The van der Waals surface area contributed by atoms with Gasteiger partial charge in [-0.1, -0.05) is 13.0 Å². The van der Waals surface area contributed by atoms with Gasteiger partial charge in [0.15, 0.2) is 0 Å². The molecule has 0 bridgehead atoms. The average molecular weight is 631 g/mol. The maximum absolute atomic E-state index is 14.1. The van der Waals surface area contributed by atoms with Crippen molar-refractivity contribution >= 4 is 27.4 Å². The van der Waals surface area contributed by atoms with Crippen LogP contribution >= 0.6 is 0 Å². The number of fused-ring (bicyclic) bond motifs is 1. The summed E-state index contributed by atoms with van der Waals surface area (Å²) in [4.78, 5) is 38.7. The number of amides is 1. The Morgan fingerprint density at radius 2 is 1.87 bits per heavy atom. The summed E-state index contributed by atoms with van der Waals surface area (Å²) < 4.78 is 28.9. The number of sulfonamides is 1. The minimum Gasteiger partial charge on any atom is -0.354 e. The predicted molar refractivity (Wildman–Crippen MR) is 179 cm³/mol. The number of nitrogens with zero attached hydrogens (tertiary/aromatic N) is 4. The van der Waals surface area contributed by atoms with Gasteiger partial charge in [0.1, 0.15) is 5.82 Å². The molecule has 10 nitrogen and oxygen atoms in total. The van der Waals surface area contributed by atoms with Crippen LogP contribution in [0.5, 0.6) is 0 Å². The fraction of sp³-hybridized carbons (Fsp3) is 0.441. The molecule has 2 aromatic heterocycles. The molecule has 1 unspecified atom stereocenters. The molecule has 238 valence electrons. The molecule has 3 aromatic rings. The topological polar surface area (TPSA) is 119 Å². The monoisotopic (exact) mass is 630 g/mol. The zero-order valence-electron chi connectivity index (χ0n) is 26.5. The molecular formula is C34H42N6O4S. The van der Waals surface area contributed by atoms with Crippen LogP contribution in [0, 0.1) is 13.8 Å². The van der Waals surface area contributed by atoms with Crippen molar-refractivity contribution in [2.24, 2.45) is 0 Å². The van der Waals surface area contributed by atoms with Gasteiger partial charge in [-0.05, 0) is 87.2 Å². The maximum Gasteiger partial charge on any atom is 0.253 e. The highest BCUT2D eigenvalue weighted by Gasteiger charge is 2.57. The van der Waals surface area contributed by atoms with Crippen molar-refractivity contribution in [1.82, 2.24) is 20.2 Å². The first-order chi connectivity index (χ1) is 21.4. The van der Waals surface area contributed by atoms with Crippen LogP contribution in [0.1, 0.15) is 64.8 Å². The lowest BCUT2D eigenvalue weighted by Gasteiger charge is -2.33. The number of benzene rings is 1. The lowest BCUT2D eigenvalue weighted by molar-refractivity contribution is 0.0949. The van der Waals surface area contributed by atoms with E-state index in [-0.39, 0.29) is 30.5 Å². The number of pyridine rings is 2. The number of H-pyrrole nitrogens is 1. The Morgan fingerprint density at radius 3 is 2.49 bits per heavy atom. The number of carbonyl (C=O) groups excluding carboxylic acids is 1. The number of hydrogen-bond donors (Lipinski definition) is 2. The summed E-state index contributed by atoms with van der Waals surface area (Å²) in [7, 11) is -1.60. The third kappa shape index (κ3) is 5.68. The lowest BCUT2D eigenvalue weighted by atomic mass is 9.93. The first-order valence-corrected chi connectivity index (χ1v) is 17.1. The molecule has 11 heteroatoms. The number of allylic oxidation sites excluding steroid dienone is 1. The van der Waals surface area contributed by atoms with Crippen LogP contribution in [-0.4, -0.2) is 73.7 Å². The number of likely N-dealkylation sites (N-methyl/N-ethyl adjacent to an activating group) is 1. The molecule has 0 radical (unpaired) electrons. The maximum atomic E-state index is 14.1. The quantitative estimate of drug-likeness (QED) is 0.342. The van der Waals surface area contributed by atoms with Gasteiger partial charge in [-0.3, -0.25) is 13.9 Å². The minimum atomic E-state index is -3.71. The van der Waals surface area contributed by atoms with Crippen molar-refractivity contribution in [2.75, 3.05) is 49.0 Å². The van der Waals surface area contributed by atoms with Crippen molar-refractivity contribution in [1.29, 1.82) is 0 Å². The van der Waals surface area contributed by atoms with E-state index in [9.17, 15) is 18.0 Å². The summed E-state index contributed by atoms with van der Waals surface area (Å²) in [6.45, 7) is 13.5. The van der Waals surface area contributed by atoms with Gasteiger partial charge < -0.3 is 20.1 Å². The molecule has 1 atom stereocenters. The highest BCUT2D eigenvalue weighted by molar-refractivity contribution is 7.94. The molecule has 2 fully saturated rings. The highest BCUT2D eigenvalue weighted by Crippen LogP contribution is 2.52. The number of nitrogens with one attached hydrogen (secondary N) is 2. The lowest BCUT2D eigenvalue weighted by Crippen LogP contribution is -2.44. The summed E-state index contributed by atoms with van der Waals surface area (Å²) >= 11 is 0. The van der Waals surface area contributed by atoms with Crippen molar-refractivity contribution in [3.8, 4) is 11.1 Å². The summed E-state index contributed by atoms with van der Waals surface area (Å²) in [6, 6.07) is 9.56. The smallest absolute Gasteiger partial charge is 0.253 e. The first kappa shape index (κ1) is 31.0. The Morgan fingerprint density at radius 1 is 1.13 bits per heavy atom. The predicted octanol–water partition coefficient (Wildman–Crippen LogP) is 4.10. The average Bonchev–Trinajstić information content (AvgIpc) is 3.73. The molecule has 3 aliphatic rings. The molecule has 1 saturated carbocycles. The van der Waals surface area contributed by atoms with E-state index in [1.54, 1.807) is 12.3 Å². The second-order valence-electron chi connectivity index (χ2n) is 12.9. The van der Waals surface area contributed by atoms with Crippen LogP contribution in [0.3, 0.4) is 0 Å². The third-order valence-corrected chi connectivity index (χ3v) is 12.2. The van der Waals surface area contributed by atoms with Crippen molar-refractivity contribution in [2.45, 2.75) is 57.2 Å². The third-order valence-electron chi connectivity index (χ3n) is 9.59. The molecule has 45 heavy (non-hydrogen) atoms. The van der Waals surface area contributed by atoms with E-state index in [0.29, 0.717) is 47.2 Å². The molecule has 1 saturated heterocycles. The van der Waals surface area contributed by atoms with Gasteiger partial charge in [0.2, 0.25) is 10.0 Å². The number of aryl methyl sites for hydroxylation is 2. The van der Waals surface area contributed by atoms with Crippen LogP contribution in [0.25, 0.3) is 11.1 Å². The van der Waals surface area contributed by atoms with Crippen LogP contribution in [0.4, 0.5) is 11.5 Å². The molecule has 2 N–H and O–H groups in total. The van der Waals surface area contributed by atoms with E-state index in [1.165, 1.54) is 4.31 Å². The zero-order valence-corrected chi connectivity index (χ0v) is 27.3. The SMILES string of the molecule is C=CCC1(S(=O)(=O)N2CC(C)c3c(C(=O)NCc4c(C)cc(C)[nH]c4=O)cc(-c4ccc(N5CCN(C)CC5)nc4)cc32)CC1. The van der Waals surface area contributed by atoms with Crippen LogP contribution < -0.4 is 20.1 Å². The Labute approximate surface area is 265 Å². The van der Waals surface area contributed by atoms with Gasteiger partial charge in [-0.2, -0.15) is 0 Å². The van der Waals surface area contributed by atoms with E-state index in [1.807, 2.05) is 51.1 Å². The van der Waals surface area contributed by atoms with E-state index in [2.05, 4.69) is 33.7 Å². The number of aromatic nitrogens is 2. The molecular weight excluding hydrogens is 588 g/mol. The van der Waals surface area contributed by atoms with E-state index < -0.39 is 14.8 Å². The highest BCUT2D eigenvalue weighted by atomic mass is 32.2. The number of hydrogen-bond acceptors (Lipinski definition) is 7. The van der Waals surface area contributed by atoms with Gasteiger partial charge in [-0.25, -0.2) is 13.4 Å². The number of anilines is 2. The Hall–Kier alpha value is -3.96. The molecule has 1 aliphatic carbocycles. The molecule has 0 spiro atoms. The van der Waals surface area contributed by atoms with Gasteiger partial charge in [0, 0.05) is 73.8 Å². The molecule has 1 aromatic carbocycles. The number of rotatable bonds is 9. The second kappa shape index (κ2) is 11.8. The van der Waals surface area contributed by atoms with Gasteiger partial charge in [0.05, 0.1) is 10.4 Å². The largest absolute Gasteiger partial charge is 0.354 e. The molecule has 4 heterocycles. The number of aromatic amines is 1. The first-order valence-electron chi connectivity index (χ1n) is 15.6. The van der Waals surface area contributed by atoms with Gasteiger partial charge >= 0.3 is 0 Å². The molecule has 2 aliphatic heterocycles. The second-order valence-corrected chi connectivity index (χ2v) is 15.1. The summed E-state index contributed by atoms with van der Waals surface area (Å²) in [5.74, 6) is 0.335.